The predicted octanol–water partition coefficient (Wildman–Crippen LogP) is 4.34. The molecule has 0 radical (unpaired) electrons. The molecule has 0 aromatic heterocycles. The normalized spacial score (nSPS) is 18.6. The van der Waals surface area contributed by atoms with Gasteiger partial charge >= 0.3 is 0 Å². The number of hydrogen-bond donors (Lipinski definition) is 1. The summed E-state index contributed by atoms with van der Waals surface area (Å²) in [7, 11) is 0. The van der Waals surface area contributed by atoms with Gasteiger partial charge in [0.2, 0.25) is 5.91 Å². The van der Waals surface area contributed by atoms with Gasteiger partial charge in [-0.3, -0.25) is 4.79 Å². The Morgan fingerprint density at radius 3 is 2.56 bits per heavy atom. The van der Waals surface area contributed by atoms with Crippen LogP contribution in [0.25, 0.3) is 0 Å². The van der Waals surface area contributed by atoms with Crippen molar-refractivity contribution in [3.8, 4) is 0 Å². The van der Waals surface area contributed by atoms with E-state index in [0.717, 1.165) is 56.6 Å². The van der Waals surface area contributed by atoms with Crippen LogP contribution in [0.4, 0.5) is 5.69 Å². The summed E-state index contributed by atoms with van der Waals surface area (Å²) in [4.78, 5) is 16.8. The lowest BCUT2D eigenvalue weighted by Crippen LogP contribution is -2.39. The molecule has 1 atom stereocenters. The molecule has 2 aromatic rings. The first-order valence-corrected chi connectivity index (χ1v) is 12.0. The molecule has 5 nitrogen and oxygen atoms in total. The van der Waals surface area contributed by atoms with Gasteiger partial charge in [0.25, 0.3) is 0 Å². The van der Waals surface area contributed by atoms with E-state index in [9.17, 15) is 9.90 Å². The number of benzene rings is 2. The summed E-state index contributed by atoms with van der Waals surface area (Å²) in [6, 6.07) is 16.4. The summed E-state index contributed by atoms with van der Waals surface area (Å²) >= 11 is 0. The van der Waals surface area contributed by atoms with Gasteiger partial charge in [0.1, 0.15) is 0 Å². The molecule has 172 valence electrons. The van der Waals surface area contributed by atoms with Crippen molar-refractivity contribution in [1.29, 1.82) is 0 Å². The first-order chi connectivity index (χ1) is 15.5. The van der Waals surface area contributed by atoms with E-state index in [2.05, 4.69) is 23.1 Å². The Hall–Kier alpha value is -2.21. The molecule has 2 heterocycles. The van der Waals surface area contributed by atoms with Crippen LogP contribution in [0.15, 0.2) is 48.5 Å². The summed E-state index contributed by atoms with van der Waals surface area (Å²) < 4.78 is 6.09. The van der Waals surface area contributed by atoms with Crippen LogP contribution in [0.2, 0.25) is 0 Å². The third-order valence-corrected chi connectivity index (χ3v) is 6.66. The molecule has 5 heteroatoms. The van der Waals surface area contributed by atoms with E-state index < -0.39 is 6.10 Å². The zero-order valence-corrected chi connectivity index (χ0v) is 19.4. The Labute approximate surface area is 192 Å². The minimum atomic E-state index is -0.515. The minimum Gasteiger partial charge on any atom is -0.387 e. The van der Waals surface area contributed by atoms with Crippen molar-refractivity contribution in [3.05, 3.63) is 65.2 Å². The number of amides is 1. The highest BCUT2D eigenvalue weighted by Gasteiger charge is 2.26. The monoisotopic (exact) mass is 436 g/mol. The number of carbonyl (C=O) groups is 1. The number of carbonyl (C=O) groups excluding carboxylic acids is 1. The lowest BCUT2D eigenvalue weighted by Gasteiger charge is -2.34. The molecule has 2 aromatic carbocycles. The van der Waals surface area contributed by atoms with Crippen LogP contribution in [-0.2, 0) is 22.6 Å². The summed E-state index contributed by atoms with van der Waals surface area (Å²) in [5.74, 6) is 0.169. The van der Waals surface area contributed by atoms with Gasteiger partial charge in [0.05, 0.1) is 18.8 Å². The highest BCUT2D eigenvalue weighted by Crippen LogP contribution is 2.31. The quantitative estimate of drug-likeness (QED) is 0.702. The molecule has 1 unspecified atom stereocenters. The fourth-order valence-electron chi connectivity index (χ4n) is 4.76. The van der Waals surface area contributed by atoms with Crippen LogP contribution in [0.1, 0.15) is 55.9 Å². The smallest absolute Gasteiger partial charge is 0.229 e. The van der Waals surface area contributed by atoms with E-state index in [1.54, 1.807) is 0 Å². The number of aliphatic hydroxyl groups excluding tert-OH is 1. The van der Waals surface area contributed by atoms with Gasteiger partial charge in [0, 0.05) is 37.8 Å². The van der Waals surface area contributed by atoms with Crippen molar-refractivity contribution in [2.24, 2.45) is 5.92 Å². The van der Waals surface area contributed by atoms with Crippen LogP contribution in [0.5, 0.6) is 0 Å². The number of fused-ring (bicyclic) bond motifs is 1. The van der Waals surface area contributed by atoms with E-state index in [-0.39, 0.29) is 17.9 Å². The SMILES string of the molecule is CC(C)C(=O)N1CCCc2cc(C(O)CN3CCC(OCc4ccccc4)CC3)ccc21. The average molecular weight is 437 g/mol. The van der Waals surface area contributed by atoms with Gasteiger partial charge in [0.15, 0.2) is 0 Å². The van der Waals surface area contributed by atoms with Gasteiger partial charge in [-0.15, -0.1) is 0 Å². The third kappa shape index (κ3) is 5.58. The predicted molar refractivity (Wildman–Crippen MR) is 128 cm³/mol. The van der Waals surface area contributed by atoms with E-state index in [4.69, 9.17) is 4.74 Å². The van der Waals surface area contributed by atoms with Crippen molar-refractivity contribution in [3.63, 3.8) is 0 Å². The Kier molecular flexibility index (Phi) is 7.61. The fourth-order valence-corrected chi connectivity index (χ4v) is 4.76. The van der Waals surface area contributed by atoms with Crippen LogP contribution in [0.3, 0.4) is 0 Å². The highest BCUT2D eigenvalue weighted by molar-refractivity contribution is 5.95. The van der Waals surface area contributed by atoms with Crippen molar-refractivity contribution in [2.75, 3.05) is 31.1 Å². The molecule has 1 fully saturated rings. The van der Waals surface area contributed by atoms with Gasteiger partial charge < -0.3 is 19.6 Å². The number of hydrogen-bond acceptors (Lipinski definition) is 4. The Bertz CT molecular complexity index is 891. The summed E-state index contributed by atoms with van der Waals surface area (Å²) in [6.45, 7) is 7.87. The second-order valence-corrected chi connectivity index (χ2v) is 9.45. The topological polar surface area (TPSA) is 53.0 Å². The summed E-state index contributed by atoms with van der Waals surface area (Å²) in [6.07, 6.45) is 3.70. The minimum absolute atomic E-state index is 0.00850. The molecule has 1 saturated heterocycles. The molecule has 0 saturated carbocycles. The van der Waals surface area contributed by atoms with Crippen molar-refractivity contribution >= 4 is 11.6 Å². The molecular weight excluding hydrogens is 400 g/mol. The molecule has 32 heavy (non-hydrogen) atoms. The van der Waals surface area contributed by atoms with Crippen LogP contribution in [0, 0.1) is 5.92 Å². The zero-order valence-electron chi connectivity index (χ0n) is 19.4. The maximum absolute atomic E-state index is 12.6. The lowest BCUT2D eigenvalue weighted by atomic mass is 9.96. The van der Waals surface area contributed by atoms with Crippen LogP contribution in [-0.4, -0.2) is 48.2 Å². The first-order valence-electron chi connectivity index (χ1n) is 12.0. The molecule has 2 aliphatic heterocycles. The zero-order chi connectivity index (χ0) is 22.5. The lowest BCUT2D eigenvalue weighted by molar-refractivity contribution is -0.121. The van der Waals surface area contributed by atoms with Crippen molar-refractivity contribution in [2.45, 2.75) is 58.3 Å². The van der Waals surface area contributed by atoms with Gasteiger partial charge in [-0.25, -0.2) is 0 Å². The largest absolute Gasteiger partial charge is 0.387 e. The second-order valence-electron chi connectivity index (χ2n) is 9.45. The number of anilines is 1. The number of rotatable bonds is 7. The van der Waals surface area contributed by atoms with Gasteiger partial charge in [-0.1, -0.05) is 56.3 Å². The summed E-state index contributed by atoms with van der Waals surface area (Å²) in [5, 5.41) is 10.9. The number of nitrogens with zero attached hydrogens (tertiary/aromatic N) is 2. The second kappa shape index (κ2) is 10.6. The maximum atomic E-state index is 12.6. The first kappa shape index (κ1) is 23.0. The van der Waals surface area contributed by atoms with Crippen LogP contribution >= 0.6 is 0 Å². The Morgan fingerprint density at radius 2 is 1.84 bits per heavy atom. The third-order valence-electron chi connectivity index (χ3n) is 6.66. The number of aliphatic hydroxyl groups is 1. The number of aryl methyl sites for hydroxylation is 1. The number of likely N-dealkylation sites (tertiary alicyclic amines) is 1. The molecular formula is C27H36N2O3. The standard InChI is InChI=1S/C27H36N2O3/c1-20(2)27(31)29-14-6-9-22-17-23(10-11-25(22)29)26(30)18-28-15-12-24(13-16-28)32-19-21-7-4-3-5-8-21/h3-5,7-8,10-11,17,20,24,26,30H,6,9,12-16,18-19H2,1-2H3. The average Bonchev–Trinajstić information content (AvgIpc) is 2.83. The molecule has 4 rings (SSSR count). The number of β-amino-alcohol motifs (C(OH)–C–C–N with tert-alkyl or cyclic N) is 1. The van der Waals surface area contributed by atoms with E-state index >= 15 is 0 Å². The molecule has 0 bridgehead atoms. The van der Waals surface area contributed by atoms with Gasteiger partial charge in [-0.2, -0.15) is 0 Å². The molecule has 0 spiro atoms. The molecule has 0 aliphatic carbocycles. The Balaban J connectivity index is 1.29. The number of piperidine rings is 1. The van der Waals surface area contributed by atoms with E-state index in [1.165, 1.54) is 11.1 Å². The van der Waals surface area contributed by atoms with Crippen molar-refractivity contribution < 1.29 is 14.6 Å². The van der Waals surface area contributed by atoms with Crippen LogP contribution < -0.4 is 4.90 Å². The van der Waals surface area contributed by atoms with E-state index in [0.29, 0.717) is 13.2 Å². The summed E-state index contributed by atoms with van der Waals surface area (Å²) in [5.41, 5.74) is 4.36. The van der Waals surface area contributed by atoms with E-state index in [1.807, 2.05) is 49.1 Å². The molecule has 1 amide bonds. The van der Waals surface area contributed by atoms with Crippen molar-refractivity contribution in [1.82, 2.24) is 4.90 Å². The fraction of sp³-hybridized carbons (Fsp3) is 0.519. The highest BCUT2D eigenvalue weighted by atomic mass is 16.5. The Morgan fingerprint density at radius 1 is 1.09 bits per heavy atom. The molecule has 2 aliphatic rings. The number of ether oxygens (including phenoxy) is 1. The maximum Gasteiger partial charge on any atom is 0.229 e. The molecule has 1 N–H and O–H groups in total. The van der Waals surface area contributed by atoms with Gasteiger partial charge in [-0.05, 0) is 48.4 Å².